The predicted octanol–water partition coefficient (Wildman–Crippen LogP) is 2.77. The molecule has 5 nitrogen and oxygen atoms in total. The average Bonchev–Trinajstić information content (AvgIpc) is 2.93. The van der Waals surface area contributed by atoms with Crippen LogP contribution < -0.4 is 5.32 Å². The van der Waals surface area contributed by atoms with Crippen molar-refractivity contribution in [3.8, 4) is 0 Å². The van der Waals surface area contributed by atoms with E-state index in [0.29, 0.717) is 24.2 Å². The maximum atomic E-state index is 5.36. The van der Waals surface area contributed by atoms with Crippen LogP contribution in [0.1, 0.15) is 50.5 Å². The van der Waals surface area contributed by atoms with E-state index >= 15 is 0 Å². The molecule has 0 spiro atoms. The van der Waals surface area contributed by atoms with Crippen molar-refractivity contribution in [2.75, 3.05) is 6.54 Å². The molecule has 0 amide bonds. The molecule has 0 aliphatic carbocycles. The Morgan fingerprint density at radius 1 is 1.24 bits per heavy atom. The van der Waals surface area contributed by atoms with Gasteiger partial charge in [0.15, 0.2) is 5.82 Å². The fraction of sp³-hybridized carbons (Fsp3) is 0.562. The molecular formula is C16H24N4O. The minimum absolute atomic E-state index is 0.415. The lowest BCUT2D eigenvalue weighted by Crippen LogP contribution is -2.31. The number of nitrogens with one attached hydrogen (secondary N) is 1. The standard InChI is InChI=1S/C16H24N4O/c1-3-7-13(17-9-4-2)12-16-19-15(20-21-16)11-14-8-5-6-10-18-14/h5-6,8,10,13,17H,3-4,7,9,11-12H2,1-2H3. The first-order valence-corrected chi connectivity index (χ1v) is 7.76. The van der Waals surface area contributed by atoms with Crippen LogP contribution in [0.15, 0.2) is 28.9 Å². The molecule has 1 atom stereocenters. The van der Waals surface area contributed by atoms with Gasteiger partial charge in [-0.2, -0.15) is 4.98 Å². The topological polar surface area (TPSA) is 63.8 Å². The van der Waals surface area contributed by atoms with Gasteiger partial charge in [-0.3, -0.25) is 4.98 Å². The van der Waals surface area contributed by atoms with Crippen LogP contribution in [0.5, 0.6) is 0 Å². The molecule has 1 N–H and O–H groups in total. The Kier molecular flexibility index (Phi) is 6.34. The summed E-state index contributed by atoms with van der Waals surface area (Å²) in [5.74, 6) is 1.41. The van der Waals surface area contributed by atoms with E-state index in [-0.39, 0.29) is 0 Å². The molecule has 0 saturated heterocycles. The summed E-state index contributed by atoms with van der Waals surface area (Å²) in [5.41, 5.74) is 0.957. The van der Waals surface area contributed by atoms with Crippen molar-refractivity contribution < 1.29 is 4.52 Å². The van der Waals surface area contributed by atoms with Gasteiger partial charge in [-0.25, -0.2) is 0 Å². The summed E-state index contributed by atoms with van der Waals surface area (Å²) in [6.45, 7) is 5.40. The van der Waals surface area contributed by atoms with Crippen LogP contribution in [0.25, 0.3) is 0 Å². The number of pyridine rings is 1. The number of rotatable bonds is 9. The largest absolute Gasteiger partial charge is 0.339 e. The van der Waals surface area contributed by atoms with Crippen LogP contribution in [0.3, 0.4) is 0 Å². The van der Waals surface area contributed by atoms with Gasteiger partial charge in [0.25, 0.3) is 0 Å². The molecule has 0 aliphatic heterocycles. The highest BCUT2D eigenvalue weighted by atomic mass is 16.5. The molecule has 1 unspecified atom stereocenters. The first-order chi connectivity index (χ1) is 10.3. The normalized spacial score (nSPS) is 12.5. The van der Waals surface area contributed by atoms with Gasteiger partial charge in [0.1, 0.15) is 0 Å². The van der Waals surface area contributed by atoms with E-state index in [1.54, 1.807) is 6.20 Å². The van der Waals surface area contributed by atoms with E-state index in [4.69, 9.17) is 4.52 Å². The van der Waals surface area contributed by atoms with Crippen LogP contribution in [-0.2, 0) is 12.8 Å². The zero-order valence-electron chi connectivity index (χ0n) is 12.9. The first kappa shape index (κ1) is 15.6. The zero-order chi connectivity index (χ0) is 14.9. The fourth-order valence-electron chi connectivity index (χ4n) is 2.29. The molecule has 0 aliphatic rings. The van der Waals surface area contributed by atoms with Crippen molar-refractivity contribution in [1.82, 2.24) is 20.4 Å². The van der Waals surface area contributed by atoms with Crippen molar-refractivity contribution >= 4 is 0 Å². The summed E-state index contributed by atoms with van der Waals surface area (Å²) in [4.78, 5) is 8.76. The second kappa shape index (κ2) is 8.52. The minimum atomic E-state index is 0.415. The maximum Gasteiger partial charge on any atom is 0.228 e. The predicted molar refractivity (Wildman–Crippen MR) is 82.0 cm³/mol. The molecule has 0 bridgehead atoms. The van der Waals surface area contributed by atoms with Gasteiger partial charge in [-0.1, -0.05) is 31.5 Å². The van der Waals surface area contributed by atoms with Crippen LogP contribution in [-0.4, -0.2) is 27.7 Å². The third-order valence-corrected chi connectivity index (χ3v) is 3.32. The third-order valence-electron chi connectivity index (χ3n) is 3.32. The molecular weight excluding hydrogens is 264 g/mol. The highest BCUT2D eigenvalue weighted by Crippen LogP contribution is 2.08. The number of hydrogen-bond acceptors (Lipinski definition) is 5. The Morgan fingerprint density at radius 2 is 2.14 bits per heavy atom. The number of hydrogen-bond donors (Lipinski definition) is 1. The highest BCUT2D eigenvalue weighted by Gasteiger charge is 2.14. The summed E-state index contributed by atoms with van der Waals surface area (Å²) in [6.07, 6.45) is 6.60. The Balaban J connectivity index is 1.92. The van der Waals surface area contributed by atoms with Crippen molar-refractivity contribution in [3.63, 3.8) is 0 Å². The van der Waals surface area contributed by atoms with Crippen molar-refractivity contribution in [1.29, 1.82) is 0 Å². The van der Waals surface area contributed by atoms with E-state index in [1.807, 2.05) is 18.2 Å². The average molecular weight is 288 g/mol. The molecule has 2 rings (SSSR count). The molecule has 0 aromatic carbocycles. The smallest absolute Gasteiger partial charge is 0.228 e. The Labute approximate surface area is 126 Å². The van der Waals surface area contributed by atoms with Crippen LogP contribution >= 0.6 is 0 Å². The fourth-order valence-corrected chi connectivity index (χ4v) is 2.29. The van der Waals surface area contributed by atoms with Crippen molar-refractivity contribution in [2.24, 2.45) is 0 Å². The van der Waals surface area contributed by atoms with Crippen molar-refractivity contribution in [2.45, 2.75) is 52.0 Å². The van der Waals surface area contributed by atoms with Gasteiger partial charge in [-0.05, 0) is 31.5 Å². The van der Waals surface area contributed by atoms with Gasteiger partial charge in [0, 0.05) is 24.4 Å². The van der Waals surface area contributed by atoms with Crippen LogP contribution in [0.4, 0.5) is 0 Å². The molecule has 0 radical (unpaired) electrons. The molecule has 0 fully saturated rings. The lowest BCUT2D eigenvalue weighted by atomic mass is 10.1. The second-order valence-corrected chi connectivity index (χ2v) is 5.25. The summed E-state index contributed by atoms with van der Waals surface area (Å²) in [5, 5.41) is 7.59. The number of aromatic nitrogens is 3. The van der Waals surface area contributed by atoms with Crippen LogP contribution in [0, 0.1) is 0 Å². The summed E-state index contributed by atoms with van der Waals surface area (Å²) < 4.78 is 5.36. The maximum absolute atomic E-state index is 5.36. The van der Waals surface area contributed by atoms with E-state index in [1.165, 1.54) is 0 Å². The van der Waals surface area contributed by atoms with E-state index in [9.17, 15) is 0 Å². The lowest BCUT2D eigenvalue weighted by molar-refractivity contribution is 0.347. The molecule has 2 heterocycles. The molecule has 5 heteroatoms. The molecule has 0 saturated carbocycles. The Hall–Kier alpha value is -1.75. The Bertz CT molecular complexity index is 512. The summed E-state index contributed by atoms with van der Waals surface area (Å²) in [6, 6.07) is 6.26. The lowest BCUT2D eigenvalue weighted by Gasteiger charge is -2.15. The second-order valence-electron chi connectivity index (χ2n) is 5.25. The van der Waals surface area contributed by atoms with Crippen LogP contribution in [0.2, 0.25) is 0 Å². The van der Waals surface area contributed by atoms with Gasteiger partial charge in [0.2, 0.25) is 5.89 Å². The monoisotopic (exact) mass is 288 g/mol. The zero-order valence-corrected chi connectivity index (χ0v) is 12.9. The van der Waals surface area contributed by atoms with Gasteiger partial charge < -0.3 is 9.84 Å². The summed E-state index contributed by atoms with van der Waals surface area (Å²) >= 11 is 0. The Morgan fingerprint density at radius 3 is 2.86 bits per heavy atom. The third kappa shape index (κ3) is 5.27. The summed E-state index contributed by atoms with van der Waals surface area (Å²) in [7, 11) is 0. The highest BCUT2D eigenvalue weighted by molar-refractivity contribution is 5.09. The molecule has 21 heavy (non-hydrogen) atoms. The molecule has 114 valence electrons. The van der Waals surface area contributed by atoms with E-state index in [0.717, 1.165) is 37.9 Å². The van der Waals surface area contributed by atoms with Crippen molar-refractivity contribution in [3.05, 3.63) is 41.8 Å². The quantitative estimate of drug-likeness (QED) is 0.768. The van der Waals surface area contributed by atoms with E-state index in [2.05, 4.69) is 34.3 Å². The molecule has 2 aromatic rings. The van der Waals surface area contributed by atoms with Gasteiger partial charge in [-0.15, -0.1) is 0 Å². The van der Waals surface area contributed by atoms with Gasteiger partial charge in [0.05, 0.1) is 6.42 Å². The van der Waals surface area contributed by atoms with Gasteiger partial charge >= 0.3 is 0 Å². The minimum Gasteiger partial charge on any atom is -0.339 e. The van der Waals surface area contributed by atoms with E-state index < -0.39 is 0 Å². The molecule has 2 aromatic heterocycles. The first-order valence-electron chi connectivity index (χ1n) is 7.76. The number of nitrogens with zero attached hydrogens (tertiary/aromatic N) is 3. The SMILES string of the molecule is CCCNC(CCC)Cc1nc(Cc2ccccn2)no1.